The number of hydrogen-bond donors (Lipinski definition) is 1. The highest BCUT2D eigenvalue weighted by molar-refractivity contribution is 9.10. The molecule has 1 N–H and O–H groups in total. The van der Waals surface area contributed by atoms with Crippen LogP contribution in [0.4, 0.5) is 0 Å². The topological polar surface area (TPSA) is 12.0 Å². The van der Waals surface area contributed by atoms with Crippen molar-refractivity contribution < 1.29 is 0 Å². The Balaban J connectivity index is 1.90. The van der Waals surface area contributed by atoms with Gasteiger partial charge in [0.15, 0.2) is 0 Å². The summed E-state index contributed by atoms with van der Waals surface area (Å²) < 4.78 is 1.17. The van der Waals surface area contributed by atoms with Crippen LogP contribution in [0.5, 0.6) is 0 Å². The summed E-state index contributed by atoms with van der Waals surface area (Å²) in [6, 6.07) is 8.79. The monoisotopic (exact) mass is 287 g/mol. The van der Waals surface area contributed by atoms with Crippen molar-refractivity contribution in [3.63, 3.8) is 0 Å². The highest BCUT2D eigenvalue weighted by atomic mass is 79.9. The van der Waals surface area contributed by atoms with Gasteiger partial charge in [0.05, 0.1) is 0 Å². The summed E-state index contributed by atoms with van der Waals surface area (Å²) in [6.45, 7) is 0.898. The summed E-state index contributed by atoms with van der Waals surface area (Å²) in [7, 11) is 0. The highest BCUT2D eigenvalue weighted by Crippen LogP contribution is 2.24. The average Bonchev–Trinajstić information content (AvgIpc) is 2.63. The maximum absolute atomic E-state index is 6.21. The van der Waals surface area contributed by atoms with E-state index in [1.807, 2.05) is 6.07 Å². The Morgan fingerprint density at radius 3 is 2.80 bits per heavy atom. The van der Waals surface area contributed by atoms with E-state index in [2.05, 4.69) is 39.4 Å². The van der Waals surface area contributed by atoms with E-state index in [0.717, 1.165) is 13.0 Å². The molecule has 1 aliphatic rings. The predicted octanol–water partition coefficient (Wildman–Crippen LogP) is 3.70. The molecule has 1 aliphatic carbocycles. The van der Waals surface area contributed by atoms with E-state index in [9.17, 15) is 0 Å². The number of alkyl halides is 1. The van der Waals surface area contributed by atoms with Gasteiger partial charge in [-0.2, -0.15) is 0 Å². The largest absolute Gasteiger partial charge is 0.308 e. The van der Waals surface area contributed by atoms with Crippen LogP contribution >= 0.6 is 27.5 Å². The Labute approximate surface area is 104 Å². The molecule has 0 heterocycles. The fourth-order valence-electron chi connectivity index (χ4n) is 2.03. The third-order valence-corrected chi connectivity index (χ3v) is 4.24. The molecule has 0 saturated heterocycles. The van der Waals surface area contributed by atoms with Gasteiger partial charge in [-0.25, -0.2) is 0 Å². The summed E-state index contributed by atoms with van der Waals surface area (Å²) in [6.07, 6.45) is 3.61. The van der Waals surface area contributed by atoms with Gasteiger partial charge in [-0.05, 0) is 24.5 Å². The number of hydrogen-bond acceptors (Lipinski definition) is 1. The van der Waals surface area contributed by atoms with Crippen LogP contribution in [0, 0.1) is 0 Å². The molecule has 1 aromatic rings. The van der Waals surface area contributed by atoms with Crippen molar-refractivity contribution in [3.05, 3.63) is 34.3 Å². The van der Waals surface area contributed by atoms with Crippen LogP contribution in [0.3, 0.4) is 0 Å². The van der Waals surface area contributed by atoms with E-state index in [4.69, 9.17) is 11.6 Å². The minimum absolute atomic E-state index is 0.312. The fraction of sp³-hybridized carbons (Fsp3) is 0.500. The molecule has 2 atom stereocenters. The Morgan fingerprint density at radius 2 is 2.13 bits per heavy atom. The first-order valence-corrected chi connectivity index (χ1v) is 6.61. The zero-order valence-electron chi connectivity index (χ0n) is 8.55. The van der Waals surface area contributed by atoms with E-state index < -0.39 is 0 Å². The highest BCUT2D eigenvalue weighted by Gasteiger charge is 2.24. The van der Waals surface area contributed by atoms with Crippen LogP contribution in [0.2, 0.25) is 0 Å². The standard InChI is InChI=1S/C12H15BrClN/c13-10-5-2-1-4-9(10)8-15-12-7-3-6-11(12)14/h1-2,4-5,11-12,15H,3,6-8H2. The average molecular weight is 289 g/mol. The zero-order chi connectivity index (χ0) is 10.7. The van der Waals surface area contributed by atoms with Gasteiger partial charge in [0.25, 0.3) is 0 Å². The van der Waals surface area contributed by atoms with Crippen LogP contribution in [-0.4, -0.2) is 11.4 Å². The van der Waals surface area contributed by atoms with Gasteiger partial charge in [0, 0.05) is 22.4 Å². The molecule has 0 bridgehead atoms. The molecule has 1 fully saturated rings. The molecular formula is C12H15BrClN. The first-order chi connectivity index (χ1) is 7.27. The number of rotatable bonds is 3. The van der Waals surface area contributed by atoms with Crippen molar-refractivity contribution in [2.75, 3.05) is 0 Å². The molecule has 1 saturated carbocycles. The molecule has 1 aromatic carbocycles. The van der Waals surface area contributed by atoms with E-state index >= 15 is 0 Å². The zero-order valence-corrected chi connectivity index (χ0v) is 10.9. The van der Waals surface area contributed by atoms with Gasteiger partial charge in [-0.15, -0.1) is 11.6 Å². The normalized spacial score (nSPS) is 25.7. The van der Waals surface area contributed by atoms with E-state index in [1.165, 1.54) is 22.9 Å². The number of halogens is 2. The van der Waals surface area contributed by atoms with Crippen molar-refractivity contribution in [1.29, 1.82) is 0 Å². The van der Waals surface area contributed by atoms with Gasteiger partial charge in [-0.3, -0.25) is 0 Å². The molecule has 0 radical (unpaired) electrons. The van der Waals surface area contributed by atoms with E-state index in [0.29, 0.717) is 11.4 Å². The van der Waals surface area contributed by atoms with Gasteiger partial charge in [0.2, 0.25) is 0 Å². The maximum Gasteiger partial charge on any atom is 0.0489 e. The molecule has 82 valence electrons. The van der Waals surface area contributed by atoms with Crippen LogP contribution < -0.4 is 5.32 Å². The fourth-order valence-corrected chi connectivity index (χ4v) is 2.82. The van der Waals surface area contributed by atoms with Crippen molar-refractivity contribution in [2.45, 2.75) is 37.2 Å². The van der Waals surface area contributed by atoms with Gasteiger partial charge in [0.1, 0.15) is 0 Å². The summed E-state index contributed by atoms with van der Waals surface area (Å²) in [5, 5.41) is 3.84. The van der Waals surface area contributed by atoms with Crippen LogP contribution in [0.25, 0.3) is 0 Å². The van der Waals surface area contributed by atoms with Gasteiger partial charge < -0.3 is 5.32 Å². The quantitative estimate of drug-likeness (QED) is 0.836. The molecule has 3 heteroatoms. The summed E-state index contributed by atoms with van der Waals surface area (Å²) in [5.41, 5.74) is 1.30. The van der Waals surface area contributed by atoms with Crippen LogP contribution in [0.15, 0.2) is 28.7 Å². The third kappa shape index (κ3) is 2.96. The van der Waals surface area contributed by atoms with Crippen molar-refractivity contribution >= 4 is 27.5 Å². The van der Waals surface area contributed by atoms with Crippen molar-refractivity contribution in [2.24, 2.45) is 0 Å². The molecule has 15 heavy (non-hydrogen) atoms. The Bertz CT molecular complexity index is 329. The molecule has 0 amide bonds. The molecule has 0 aliphatic heterocycles. The molecule has 2 unspecified atom stereocenters. The molecule has 0 aromatic heterocycles. The first kappa shape index (κ1) is 11.4. The Hall–Kier alpha value is -0.0500. The lowest BCUT2D eigenvalue weighted by atomic mass is 10.2. The first-order valence-electron chi connectivity index (χ1n) is 5.38. The second-order valence-electron chi connectivity index (χ2n) is 4.03. The smallest absolute Gasteiger partial charge is 0.0489 e. The van der Waals surface area contributed by atoms with Crippen LogP contribution in [-0.2, 0) is 6.54 Å². The summed E-state index contributed by atoms with van der Waals surface area (Å²) in [4.78, 5) is 0. The second kappa shape index (κ2) is 5.33. The van der Waals surface area contributed by atoms with Gasteiger partial charge in [-0.1, -0.05) is 40.5 Å². The van der Waals surface area contributed by atoms with E-state index in [-0.39, 0.29) is 0 Å². The third-order valence-electron chi connectivity index (χ3n) is 2.94. The minimum Gasteiger partial charge on any atom is -0.308 e. The van der Waals surface area contributed by atoms with Gasteiger partial charge >= 0.3 is 0 Å². The van der Waals surface area contributed by atoms with Crippen molar-refractivity contribution in [3.8, 4) is 0 Å². The molecule has 0 spiro atoms. The maximum atomic E-state index is 6.21. The molecular weight excluding hydrogens is 273 g/mol. The number of benzene rings is 1. The van der Waals surface area contributed by atoms with Crippen molar-refractivity contribution in [1.82, 2.24) is 5.32 Å². The Kier molecular flexibility index (Phi) is 4.06. The second-order valence-corrected chi connectivity index (χ2v) is 5.44. The lowest BCUT2D eigenvalue weighted by molar-refractivity contribution is 0.528. The SMILES string of the molecule is ClC1CCCC1NCc1ccccc1Br. The lowest BCUT2D eigenvalue weighted by Gasteiger charge is -2.16. The Morgan fingerprint density at radius 1 is 1.33 bits per heavy atom. The molecule has 2 rings (SSSR count). The summed E-state index contributed by atoms with van der Waals surface area (Å²) >= 11 is 9.76. The van der Waals surface area contributed by atoms with E-state index in [1.54, 1.807) is 0 Å². The molecule has 1 nitrogen and oxygen atoms in total. The lowest BCUT2D eigenvalue weighted by Crippen LogP contribution is -2.32. The minimum atomic E-state index is 0.312. The van der Waals surface area contributed by atoms with Crippen LogP contribution in [0.1, 0.15) is 24.8 Å². The number of nitrogens with one attached hydrogen (secondary N) is 1. The summed E-state index contributed by atoms with van der Waals surface area (Å²) in [5.74, 6) is 0. The predicted molar refractivity (Wildman–Crippen MR) is 68.3 cm³/mol.